The summed E-state index contributed by atoms with van der Waals surface area (Å²) >= 11 is 3.35. The summed E-state index contributed by atoms with van der Waals surface area (Å²) in [5.74, 6) is -0.239. The monoisotopic (exact) mass is 310 g/mol. The second kappa shape index (κ2) is 3.29. The number of Topliss-reactive ketones (excluding diaryl/α,β-unsaturated/α-hetero) is 1. The molecule has 4 nitrogen and oxygen atoms in total. The van der Waals surface area contributed by atoms with Crippen LogP contribution in [0.25, 0.3) is 0 Å². The second-order valence-corrected chi connectivity index (χ2v) is 7.83. The molecule has 2 fully saturated rings. The van der Waals surface area contributed by atoms with E-state index in [4.69, 9.17) is 4.55 Å². The topological polar surface area (TPSA) is 71.4 Å². The molecule has 0 spiro atoms. The largest absolute Gasteiger partial charge is 0.298 e. The SMILES string of the molecule is C[C@]1(CS(=O)(=O)O)[C@H]2CC[C@]1(C)C(=O)[C@@H]2Br. The molecule has 2 rings (SSSR count). The molecule has 2 aliphatic carbocycles. The van der Waals surface area contributed by atoms with E-state index >= 15 is 0 Å². The van der Waals surface area contributed by atoms with Gasteiger partial charge in [-0.25, -0.2) is 0 Å². The van der Waals surface area contributed by atoms with Crippen LogP contribution in [0, 0.1) is 16.7 Å². The lowest BCUT2D eigenvalue weighted by molar-refractivity contribution is -0.127. The molecule has 0 aromatic carbocycles. The fourth-order valence-corrected chi connectivity index (χ4v) is 6.11. The van der Waals surface area contributed by atoms with Gasteiger partial charge in [0.05, 0.1) is 10.6 Å². The van der Waals surface area contributed by atoms with E-state index in [1.807, 2.05) is 6.92 Å². The Morgan fingerprint density at radius 2 is 2.06 bits per heavy atom. The fourth-order valence-electron chi connectivity index (χ4n) is 3.46. The Labute approximate surface area is 104 Å². The highest BCUT2D eigenvalue weighted by atomic mass is 79.9. The molecule has 1 N–H and O–H groups in total. The Kier molecular flexibility index (Phi) is 2.58. The van der Waals surface area contributed by atoms with E-state index in [1.165, 1.54) is 0 Å². The van der Waals surface area contributed by atoms with Crippen LogP contribution in [0.4, 0.5) is 0 Å². The molecular weight excluding hydrogens is 296 g/mol. The molecule has 0 aromatic rings. The zero-order valence-electron chi connectivity index (χ0n) is 9.23. The summed E-state index contributed by atoms with van der Waals surface area (Å²) in [6.07, 6.45) is 1.55. The quantitative estimate of drug-likeness (QED) is 0.622. The zero-order valence-corrected chi connectivity index (χ0v) is 11.6. The number of halogens is 1. The first-order valence-corrected chi connectivity index (χ1v) is 7.78. The van der Waals surface area contributed by atoms with Crippen molar-refractivity contribution >= 4 is 31.8 Å². The summed E-state index contributed by atoms with van der Waals surface area (Å²) in [4.78, 5) is 11.8. The van der Waals surface area contributed by atoms with Crippen molar-refractivity contribution in [3.8, 4) is 0 Å². The fraction of sp³-hybridized carbons (Fsp3) is 0.900. The van der Waals surface area contributed by atoms with E-state index in [0.717, 1.165) is 6.42 Å². The Morgan fingerprint density at radius 3 is 2.44 bits per heavy atom. The Morgan fingerprint density at radius 1 is 1.50 bits per heavy atom. The van der Waals surface area contributed by atoms with Gasteiger partial charge in [-0.15, -0.1) is 0 Å². The highest BCUT2D eigenvalue weighted by Crippen LogP contribution is 2.65. The summed E-state index contributed by atoms with van der Waals surface area (Å²) < 4.78 is 31.2. The maximum Gasteiger partial charge on any atom is 0.265 e. The normalized spacial score (nSPS) is 47.6. The molecule has 6 heteroatoms. The average molecular weight is 311 g/mol. The first-order chi connectivity index (χ1) is 7.12. The number of ketones is 1. The maximum absolute atomic E-state index is 12.1. The number of hydrogen-bond acceptors (Lipinski definition) is 3. The molecular formula is C10H15BrO4S. The molecule has 0 unspecified atom stereocenters. The lowest BCUT2D eigenvalue weighted by Crippen LogP contribution is -2.40. The van der Waals surface area contributed by atoms with Gasteiger partial charge in [0.2, 0.25) is 0 Å². The minimum atomic E-state index is -4.05. The standard InChI is InChI=1S/C10H15BrO4S/c1-9-4-3-6(7(11)8(9)12)10(9,2)5-16(13,14)15/h6-7H,3-5H2,1-2H3,(H,13,14,15)/t6-,7+,9+,10-/m0/s1. The van der Waals surface area contributed by atoms with E-state index in [9.17, 15) is 13.2 Å². The molecule has 0 heterocycles. The first-order valence-electron chi connectivity index (χ1n) is 5.25. The molecule has 92 valence electrons. The van der Waals surface area contributed by atoms with Gasteiger partial charge >= 0.3 is 0 Å². The van der Waals surface area contributed by atoms with Crippen molar-refractivity contribution < 1.29 is 17.8 Å². The van der Waals surface area contributed by atoms with Gasteiger partial charge in [0.25, 0.3) is 10.1 Å². The van der Waals surface area contributed by atoms with Crippen molar-refractivity contribution in [2.24, 2.45) is 16.7 Å². The van der Waals surface area contributed by atoms with Gasteiger partial charge in [-0.2, -0.15) is 8.42 Å². The van der Waals surface area contributed by atoms with Gasteiger partial charge < -0.3 is 0 Å². The summed E-state index contributed by atoms with van der Waals surface area (Å²) in [6, 6.07) is 0. The van der Waals surface area contributed by atoms with Gasteiger partial charge in [0.1, 0.15) is 0 Å². The van der Waals surface area contributed by atoms with E-state index in [0.29, 0.717) is 6.42 Å². The Balaban J connectivity index is 2.47. The van der Waals surface area contributed by atoms with Crippen molar-refractivity contribution in [2.75, 3.05) is 5.75 Å². The lowest BCUT2D eigenvalue weighted by Gasteiger charge is -2.35. The van der Waals surface area contributed by atoms with Crippen LogP contribution in [-0.2, 0) is 14.9 Å². The molecule has 2 saturated carbocycles. The van der Waals surface area contributed by atoms with Crippen LogP contribution >= 0.6 is 15.9 Å². The van der Waals surface area contributed by atoms with Crippen molar-refractivity contribution in [1.29, 1.82) is 0 Å². The number of hydrogen-bond donors (Lipinski definition) is 1. The summed E-state index contributed by atoms with van der Waals surface area (Å²) in [7, 11) is -4.05. The van der Waals surface area contributed by atoms with Gasteiger partial charge in [-0.05, 0) is 18.8 Å². The zero-order chi connectivity index (χ0) is 12.4. The minimum Gasteiger partial charge on any atom is -0.298 e. The van der Waals surface area contributed by atoms with Gasteiger partial charge in [0, 0.05) is 10.8 Å². The molecule has 0 saturated heterocycles. The summed E-state index contributed by atoms with van der Waals surface area (Å²) in [5.41, 5.74) is -1.27. The van der Waals surface area contributed by atoms with Crippen LogP contribution in [0.2, 0.25) is 0 Å². The number of fused-ring (bicyclic) bond motifs is 2. The van der Waals surface area contributed by atoms with Crippen LogP contribution in [0.5, 0.6) is 0 Å². The van der Waals surface area contributed by atoms with Crippen LogP contribution in [0.15, 0.2) is 0 Å². The van der Waals surface area contributed by atoms with Crippen molar-refractivity contribution in [1.82, 2.24) is 0 Å². The summed E-state index contributed by atoms with van der Waals surface area (Å²) in [6.45, 7) is 3.62. The van der Waals surface area contributed by atoms with E-state index < -0.39 is 20.9 Å². The molecule has 0 aliphatic heterocycles. The Hall–Kier alpha value is 0.0600. The van der Waals surface area contributed by atoms with Crippen LogP contribution in [0.1, 0.15) is 26.7 Å². The smallest absolute Gasteiger partial charge is 0.265 e. The Bertz CT molecular complexity index is 446. The average Bonchev–Trinajstić information content (AvgIpc) is 2.40. The third-order valence-corrected chi connectivity index (χ3v) is 6.68. The molecule has 0 aromatic heterocycles. The highest BCUT2D eigenvalue weighted by molar-refractivity contribution is 9.10. The highest BCUT2D eigenvalue weighted by Gasteiger charge is 2.68. The van der Waals surface area contributed by atoms with Crippen LogP contribution in [-0.4, -0.2) is 29.3 Å². The van der Waals surface area contributed by atoms with E-state index in [1.54, 1.807) is 6.92 Å². The lowest BCUT2D eigenvalue weighted by atomic mass is 9.70. The predicted molar refractivity (Wildman–Crippen MR) is 63.1 cm³/mol. The van der Waals surface area contributed by atoms with Crippen molar-refractivity contribution in [3.63, 3.8) is 0 Å². The molecule has 0 amide bonds. The van der Waals surface area contributed by atoms with E-state index in [2.05, 4.69) is 15.9 Å². The number of carbonyl (C=O) groups excluding carboxylic acids is 1. The van der Waals surface area contributed by atoms with E-state index in [-0.39, 0.29) is 22.3 Å². The molecule has 2 aliphatic rings. The van der Waals surface area contributed by atoms with Gasteiger partial charge in [-0.1, -0.05) is 29.8 Å². The van der Waals surface area contributed by atoms with Crippen LogP contribution in [0.3, 0.4) is 0 Å². The molecule has 16 heavy (non-hydrogen) atoms. The van der Waals surface area contributed by atoms with Gasteiger partial charge in [-0.3, -0.25) is 9.35 Å². The molecule has 0 radical (unpaired) electrons. The third-order valence-electron chi connectivity index (χ3n) is 4.66. The maximum atomic E-state index is 12.1. The molecule has 2 bridgehead atoms. The predicted octanol–water partition coefficient (Wildman–Crippen LogP) is 1.64. The number of rotatable bonds is 2. The first kappa shape index (κ1) is 12.5. The van der Waals surface area contributed by atoms with Gasteiger partial charge in [0.15, 0.2) is 5.78 Å². The number of carbonyl (C=O) groups is 1. The van der Waals surface area contributed by atoms with Crippen LogP contribution < -0.4 is 0 Å². The number of alkyl halides is 1. The molecule has 4 atom stereocenters. The van der Waals surface area contributed by atoms with Crippen molar-refractivity contribution in [3.05, 3.63) is 0 Å². The second-order valence-electron chi connectivity index (χ2n) is 5.39. The minimum absolute atomic E-state index is 0.00641. The third kappa shape index (κ3) is 1.42. The summed E-state index contributed by atoms with van der Waals surface area (Å²) in [5, 5.41) is 0. The van der Waals surface area contributed by atoms with Crippen molar-refractivity contribution in [2.45, 2.75) is 31.5 Å².